The van der Waals surface area contributed by atoms with Gasteiger partial charge < -0.3 is 0 Å². The molecule has 7 heteroatoms. The Labute approximate surface area is 119 Å². The highest BCUT2D eigenvalue weighted by molar-refractivity contribution is 6.16. The minimum atomic E-state index is -0.709. The fourth-order valence-corrected chi connectivity index (χ4v) is 2.07. The number of nitrogens with zero attached hydrogens (tertiary/aromatic N) is 2. The minimum Gasteiger partial charge on any atom is -0.299 e. The predicted octanol–water partition coefficient (Wildman–Crippen LogP) is 3.23. The zero-order valence-corrected chi connectivity index (χ0v) is 11.1. The molecule has 0 spiro atoms. The average Bonchev–Trinajstić information content (AvgIpc) is 2.46. The van der Waals surface area contributed by atoms with Gasteiger partial charge >= 0.3 is 0 Å². The van der Waals surface area contributed by atoms with Crippen molar-refractivity contribution in [2.45, 2.75) is 6.92 Å². The van der Waals surface area contributed by atoms with Gasteiger partial charge in [0.2, 0.25) is 0 Å². The Kier molecular flexibility index (Phi) is 3.75. The van der Waals surface area contributed by atoms with E-state index in [0.29, 0.717) is 5.56 Å². The molecule has 2 aromatic rings. The van der Waals surface area contributed by atoms with E-state index in [0.717, 1.165) is 0 Å². The molecule has 106 valence electrons. The van der Waals surface area contributed by atoms with Crippen molar-refractivity contribution in [3.8, 4) is 0 Å². The highest BCUT2D eigenvalue weighted by Crippen LogP contribution is 2.33. The third kappa shape index (κ3) is 2.62. The molecule has 2 aromatic carbocycles. The van der Waals surface area contributed by atoms with Crippen molar-refractivity contribution in [3.05, 3.63) is 79.4 Å². The third-order valence-electron chi connectivity index (χ3n) is 3.05. The normalized spacial score (nSPS) is 10.1. The molecule has 0 radical (unpaired) electrons. The zero-order valence-electron chi connectivity index (χ0n) is 11.1. The van der Waals surface area contributed by atoms with Crippen LogP contribution in [0.3, 0.4) is 0 Å². The van der Waals surface area contributed by atoms with Crippen molar-refractivity contribution < 1.29 is 9.85 Å². The third-order valence-corrected chi connectivity index (χ3v) is 3.05. The van der Waals surface area contributed by atoms with Crippen molar-refractivity contribution in [2.24, 2.45) is 0 Å². The number of nitrogens with one attached hydrogen (secondary N) is 1. The van der Waals surface area contributed by atoms with Crippen LogP contribution in [0.4, 0.5) is 11.4 Å². The Bertz CT molecular complexity index is 741. The summed E-state index contributed by atoms with van der Waals surface area (Å²) in [6.45, 7) is 1.49. The van der Waals surface area contributed by atoms with Crippen LogP contribution in [-0.4, -0.2) is 15.6 Å². The molecule has 0 atom stereocenters. The molecule has 0 aromatic heterocycles. The van der Waals surface area contributed by atoms with Crippen LogP contribution < -0.4 is 0 Å². The Morgan fingerprint density at radius 2 is 1.62 bits per heavy atom. The van der Waals surface area contributed by atoms with E-state index < -0.39 is 21.2 Å². The first-order chi connectivity index (χ1) is 9.93. The van der Waals surface area contributed by atoms with Gasteiger partial charge in [-0.1, -0.05) is 30.3 Å². The molecule has 0 unspecified atom stereocenters. The lowest BCUT2D eigenvalue weighted by Crippen LogP contribution is -2.10. The number of hydrogen-bond acceptors (Lipinski definition) is 5. The molecule has 0 aliphatic carbocycles. The number of aryl methyl sites for hydroxylation is 1. The second-order valence-corrected chi connectivity index (χ2v) is 4.38. The van der Waals surface area contributed by atoms with Crippen LogP contribution in [0.2, 0.25) is 0 Å². The Hall–Kier alpha value is -3.09. The molecule has 0 aliphatic heterocycles. The fraction of sp³-hybridized carbons (Fsp3) is 0.0714. The highest BCUT2D eigenvalue weighted by Gasteiger charge is 2.30. The van der Waals surface area contributed by atoms with Crippen molar-refractivity contribution in [3.63, 3.8) is 0 Å². The number of nitro groups is 2. The summed E-state index contributed by atoms with van der Waals surface area (Å²) in [6.07, 6.45) is 0. The molecule has 0 aliphatic rings. The monoisotopic (exact) mass is 285 g/mol. The van der Waals surface area contributed by atoms with Gasteiger partial charge in [0.05, 0.1) is 15.6 Å². The van der Waals surface area contributed by atoms with Crippen LogP contribution in [0.5, 0.6) is 0 Å². The van der Waals surface area contributed by atoms with E-state index in [1.54, 1.807) is 30.3 Å². The molecule has 0 saturated heterocycles. The van der Waals surface area contributed by atoms with Crippen LogP contribution in [0.1, 0.15) is 16.7 Å². The van der Waals surface area contributed by atoms with Crippen molar-refractivity contribution >= 4 is 17.1 Å². The number of rotatable bonds is 4. The van der Waals surface area contributed by atoms with Gasteiger partial charge in [-0.3, -0.25) is 25.6 Å². The van der Waals surface area contributed by atoms with Crippen molar-refractivity contribution in [2.75, 3.05) is 0 Å². The zero-order chi connectivity index (χ0) is 15.6. The van der Waals surface area contributed by atoms with Gasteiger partial charge in [0.15, 0.2) is 5.56 Å². The topological polar surface area (TPSA) is 110 Å². The molecule has 0 heterocycles. The van der Waals surface area contributed by atoms with Gasteiger partial charge in [-0.25, -0.2) is 0 Å². The molecule has 0 amide bonds. The summed E-state index contributed by atoms with van der Waals surface area (Å²) in [5, 5.41) is 30.5. The van der Waals surface area contributed by atoms with Crippen LogP contribution in [-0.2, 0) is 0 Å². The van der Waals surface area contributed by atoms with Crippen molar-refractivity contribution in [1.29, 1.82) is 5.41 Å². The Morgan fingerprint density at radius 3 is 2.14 bits per heavy atom. The molecular formula is C14H11N3O4. The van der Waals surface area contributed by atoms with E-state index >= 15 is 0 Å². The number of benzene rings is 2. The van der Waals surface area contributed by atoms with E-state index in [1.165, 1.54) is 19.1 Å². The maximum absolute atomic E-state index is 11.2. The Morgan fingerprint density at radius 1 is 1.00 bits per heavy atom. The van der Waals surface area contributed by atoms with Gasteiger partial charge in [0, 0.05) is 17.2 Å². The van der Waals surface area contributed by atoms with Gasteiger partial charge in [0.1, 0.15) is 0 Å². The van der Waals surface area contributed by atoms with Crippen LogP contribution in [0.25, 0.3) is 0 Å². The summed E-state index contributed by atoms with van der Waals surface area (Å²) in [6, 6.07) is 10.7. The second kappa shape index (κ2) is 5.49. The van der Waals surface area contributed by atoms with Crippen LogP contribution >= 0.6 is 0 Å². The molecule has 2 rings (SSSR count). The summed E-state index contributed by atoms with van der Waals surface area (Å²) in [5.74, 6) is 0. The lowest BCUT2D eigenvalue weighted by molar-refractivity contribution is -0.394. The first-order valence-corrected chi connectivity index (χ1v) is 6.00. The fourth-order valence-electron chi connectivity index (χ4n) is 2.07. The molecule has 1 N–H and O–H groups in total. The minimum absolute atomic E-state index is 0.238. The van der Waals surface area contributed by atoms with E-state index in [-0.39, 0.29) is 16.8 Å². The lowest BCUT2D eigenvalue weighted by Gasteiger charge is -2.08. The van der Waals surface area contributed by atoms with Crippen LogP contribution in [0.15, 0.2) is 42.5 Å². The van der Waals surface area contributed by atoms with Crippen molar-refractivity contribution in [1.82, 2.24) is 0 Å². The predicted molar refractivity (Wildman–Crippen MR) is 76.9 cm³/mol. The quantitative estimate of drug-likeness (QED) is 0.528. The van der Waals surface area contributed by atoms with E-state index in [1.807, 2.05) is 0 Å². The smallest absolute Gasteiger partial charge is 0.288 e. The standard InChI is InChI=1S/C14H11N3O4/c1-9-7-8-11(16(18)19)12(14(9)17(20)21)13(15)10-5-3-2-4-6-10/h2-8,15H,1H3. The maximum Gasteiger partial charge on any atom is 0.288 e. The largest absolute Gasteiger partial charge is 0.299 e. The number of hydrogen-bond donors (Lipinski definition) is 1. The maximum atomic E-state index is 11.2. The second-order valence-electron chi connectivity index (χ2n) is 4.38. The molecule has 21 heavy (non-hydrogen) atoms. The van der Waals surface area contributed by atoms with Gasteiger partial charge in [-0.2, -0.15) is 0 Å². The summed E-state index contributed by atoms with van der Waals surface area (Å²) in [4.78, 5) is 21.0. The molecule has 0 saturated carbocycles. The van der Waals surface area contributed by atoms with E-state index in [4.69, 9.17) is 5.41 Å². The van der Waals surface area contributed by atoms with E-state index in [2.05, 4.69) is 0 Å². The molecular weight excluding hydrogens is 274 g/mol. The highest BCUT2D eigenvalue weighted by atomic mass is 16.6. The van der Waals surface area contributed by atoms with Gasteiger partial charge in [-0.05, 0) is 13.0 Å². The summed E-state index contributed by atoms with van der Waals surface area (Å²) in [7, 11) is 0. The molecule has 0 fully saturated rings. The first-order valence-electron chi connectivity index (χ1n) is 6.00. The SMILES string of the molecule is Cc1ccc([N+](=O)[O-])c(C(=N)c2ccccc2)c1[N+](=O)[O-]. The van der Waals surface area contributed by atoms with Crippen LogP contribution in [0, 0.1) is 32.6 Å². The molecule has 7 nitrogen and oxygen atoms in total. The summed E-state index contributed by atoms with van der Waals surface area (Å²) < 4.78 is 0. The number of nitro benzene ring substituents is 2. The summed E-state index contributed by atoms with van der Waals surface area (Å²) in [5.41, 5.74) is -0.691. The molecule has 0 bridgehead atoms. The van der Waals surface area contributed by atoms with E-state index in [9.17, 15) is 20.2 Å². The van der Waals surface area contributed by atoms with Gasteiger partial charge in [0.25, 0.3) is 11.4 Å². The Balaban J connectivity index is 2.76. The lowest BCUT2D eigenvalue weighted by atomic mass is 9.97. The average molecular weight is 285 g/mol. The first kappa shape index (κ1) is 14.3. The summed E-state index contributed by atoms with van der Waals surface area (Å²) >= 11 is 0. The van der Waals surface area contributed by atoms with Gasteiger partial charge in [-0.15, -0.1) is 0 Å².